The minimum absolute atomic E-state index is 0.208. The summed E-state index contributed by atoms with van der Waals surface area (Å²) in [5.41, 5.74) is 0.208. The Bertz CT molecular complexity index is 115. The zero-order valence-electron chi connectivity index (χ0n) is 6.68. The van der Waals surface area contributed by atoms with Crippen molar-refractivity contribution in [1.29, 1.82) is 0 Å². The van der Waals surface area contributed by atoms with Crippen LogP contribution >= 0.6 is 0 Å². The number of allylic oxidation sites excluding steroid dienone is 1. The predicted octanol–water partition coefficient (Wildman–Crippen LogP) is 2.64. The van der Waals surface area contributed by atoms with Crippen LogP contribution in [-0.2, 0) is 0 Å². The second-order valence-electron chi connectivity index (χ2n) is 3.13. The second-order valence-corrected chi connectivity index (χ2v) is 3.13. The van der Waals surface area contributed by atoms with Crippen LogP contribution in [0.25, 0.3) is 0 Å². The molecular formula is C8H15N. The highest BCUT2D eigenvalue weighted by molar-refractivity contribution is 5.64. The molecule has 0 aromatic rings. The normalized spacial score (nSPS) is 13.8. The molecule has 1 heteroatoms. The predicted molar refractivity (Wildman–Crippen MR) is 42.8 cm³/mol. The van der Waals surface area contributed by atoms with E-state index < -0.39 is 0 Å². The molecule has 0 aromatic heterocycles. The molecule has 0 rings (SSSR count). The first-order valence-electron chi connectivity index (χ1n) is 3.22. The van der Waals surface area contributed by atoms with Gasteiger partial charge in [-0.3, -0.25) is 4.99 Å². The maximum atomic E-state index is 4.06. The highest BCUT2D eigenvalue weighted by atomic mass is 14.7. The van der Waals surface area contributed by atoms with E-state index in [0.29, 0.717) is 0 Å². The van der Waals surface area contributed by atoms with Crippen LogP contribution < -0.4 is 0 Å². The first-order valence-corrected chi connectivity index (χ1v) is 3.22. The fourth-order valence-corrected chi connectivity index (χ4v) is 0.353. The molecule has 9 heavy (non-hydrogen) atoms. The lowest BCUT2D eigenvalue weighted by molar-refractivity contribution is 0.607. The van der Waals surface area contributed by atoms with Crippen molar-refractivity contribution in [3.63, 3.8) is 0 Å². The quantitative estimate of drug-likeness (QED) is 0.478. The Balaban J connectivity index is 3.71. The van der Waals surface area contributed by atoms with Gasteiger partial charge in [0.1, 0.15) is 0 Å². The van der Waals surface area contributed by atoms with Crippen molar-refractivity contribution < 1.29 is 0 Å². The van der Waals surface area contributed by atoms with E-state index in [-0.39, 0.29) is 5.41 Å². The van der Waals surface area contributed by atoms with E-state index in [1.54, 1.807) is 6.20 Å². The molecule has 0 aliphatic rings. The molecule has 0 spiro atoms. The SMILES string of the molecule is CC=CN=CC(C)(C)C. The van der Waals surface area contributed by atoms with Gasteiger partial charge >= 0.3 is 0 Å². The number of hydrogen-bond donors (Lipinski definition) is 0. The van der Waals surface area contributed by atoms with Crippen LogP contribution in [0.15, 0.2) is 17.3 Å². The largest absolute Gasteiger partial charge is 0.269 e. The highest BCUT2D eigenvalue weighted by Gasteiger charge is 2.03. The summed E-state index contributed by atoms with van der Waals surface area (Å²) in [7, 11) is 0. The van der Waals surface area contributed by atoms with Crippen molar-refractivity contribution in [3.8, 4) is 0 Å². The molecule has 0 aliphatic carbocycles. The van der Waals surface area contributed by atoms with Crippen molar-refractivity contribution in [1.82, 2.24) is 0 Å². The fraction of sp³-hybridized carbons (Fsp3) is 0.625. The summed E-state index contributed by atoms with van der Waals surface area (Å²) < 4.78 is 0. The third kappa shape index (κ3) is 7.41. The van der Waals surface area contributed by atoms with Crippen LogP contribution in [0.1, 0.15) is 27.7 Å². The first kappa shape index (κ1) is 8.41. The van der Waals surface area contributed by atoms with Crippen LogP contribution in [0.4, 0.5) is 0 Å². The average molecular weight is 125 g/mol. The maximum absolute atomic E-state index is 4.06. The van der Waals surface area contributed by atoms with Gasteiger partial charge in [0.05, 0.1) is 0 Å². The van der Waals surface area contributed by atoms with Crippen molar-refractivity contribution in [2.75, 3.05) is 0 Å². The summed E-state index contributed by atoms with van der Waals surface area (Å²) >= 11 is 0. The Labute approximate surface area is 57.5 Å². The van der Waals surface area contributed by atoms with Gasteiger partial charge in [-0.05, 0) is 12.3 Å². The van der Waals surface area contributed by atoms with E-state index in [1.807, 2.05) is 19.2 Å². The summed E-state index contributed by atoms with van der Waals surface area (Å²) in [6.45, 7) is 8.33. The zero-order valence-corrected chi connectivity index (χ0v) is 6.68. The van der Waals surface area contributed by atoms with Gasteiger partial charge in [0.15, 0.2) is 0 Å². The van der Waals surface area contributed by atoms with E-state index in [4.69, 9.17) is 0 Å². The van der Waals surface area contributed by atoms with Gasteiger partial charge in [-0.25, -0.2) is 0 Å². The molecule has 0 aliphatic heterocycles. The molecule has 0 unspecified atom stereocenters. The van der Waals surface area contributed by atoms with Gasteiger partial charge in [-0.1, -0.05) is 26.8 Å². The summed E-state index contributed by atoms with van der Waals surface area (Å²) in [5.74, 6) is 0. The van der Waals surface area contributed by atoms with Crippen LogP contribution in [-0.4, -0.2) is 6.21 Å². The maximum Gasteiger partial charge on any atom is 0.0221 e. The van der Waals surface area contributed by atoms with Crippen LogP contribution in [0.2, 0.25) is 0 Å². The molecule has 0 radical (unpaired) electrons. The lowest BCUT2D eigenvalue weighted by atomic mass is 9.99. The summed E-state index contributed by atoms with van der Waals surface area (Å²) in [4.78, 5) is 4.06. The first-order chi connectivity index (χ1) is 4.06. The van der Waals surface area contributed by atoms with Crippen LogP contribution in [0, 0.1) is 5.41 Å². The number of nitrogens with zero attached hydrogens (tertiary/aromatic N) is 1. The second kappa shape index (κ2) is 3.44. The van der Waals surface area contributed by atoms with Crippen LogP contribution in [0.3, 0.4) is 0 Å². The van der Waals surface area contributed by atoms with E-state index in [9.17, 15) is 0 Å². The summed E-state index contributed by atoms with van der Waals surface area (Å²) in [6, 6.07) is 0. The molecule has 0 amide bonds. The Kier molecular flexibility index (Phi) is 3.21. The van der Waals surface area contributed by atoms with Crippen LogP contribution in [0.5, 0.6) is 0 Å². The molecule has 0 atom stereocenters. The van der Waals surface area contributed by atoms with Gasteiger partial charge in [-0.2, -0.15) is 0 Å². The van der Waals surface area contributed by atoms with E-state index in [1.165, 1.54) is 0 Å². The molecule has 1 nitrogen and oxygen atoms in total. The zero-order chi connectivity index (χ0) is 7.33. The fourth-order valence-electron chi connectivity index (χ4n) is 0.353. The minimum Gasteiger partial charge on any atom is -0.269 e. The Morgan fingerprint density at radius 2 is 1.78 bits per heavy atom. The number of aliphatic imine (C=N–C) groups is 1. The third-order valence-electron chi connectivity index (χ3n) is 0.697. The monoisotopic (exact) mass is 125 g/mol. The summed E-state index contributed by atoms with van der Waals surface area (Å²) in [5, 5.41) is 0. The van der Waals surface area contributed by atoms with Gasteiger partial charge < -0.3 is 0 Å². The number of rotatable bonds is 1. The van der Waals surface area contributed by atoms with E-state index in [2.05, 4.69) is 25.8 Å². The Morgan fingerprint density at radius 3 is 2.11 bits per heavy atom. The molecule has 0 bridgehead atoms. The van der Waals surface area contributed by atoms with Gasteiger partial charge in [0, 0.05) is 12.4 Å². The van der Waals surface area contributed by atoms with Crippen molar-refractivity contribution >= 4 is 6.21 Å². The molecule has 0 aromatic carbocycles. The molecule has 0 heterocycles. The molecular weight excluding hydrogens is 110 g/mol. The molecule has 0 fully saturated rings. The molecule has 0 N–H and O–H groups in total. The highest BCUT2D eigenvalue weighted by Crippen LogP contribution is 2.07. The molecule has 0 saturated heterocycles. The van der Waals surface area contributed by atoms with E-state index >= 15 is 0 Å². The topological polar surface area (TPSA) is 12.4 Å². The number of hydrogen-bond acceptors (Lipinski definition) is 1. The van der Waals surface area contributed by atoms with E-state index in [0.717, 1.165) is 0 Å². The molecule has 52 valence electrons. The lowest BCUT2D eigenvalue weighted by Crippen LogP contribution is -2.05. The van der Waals surface area contributed by atoms with Crippen molar-refractivity contribution in [2.24, 2.45) is 10.4 Å². The Hall–Kier alpha value is -0.590. The van der Waals surface area contributed by atoms with Gasteiger partial charge in [0.25, 0.3) is 0 Å². The summed E-state index contributed by atoms with van der Waals surface area (Å²) in [6.07, 6.45) is 5.65. The smallest absolute Gasteiger partial charge is 0.0221 e. The minimum atomic E-state index is 0.208. The third-order valence-corrected chi connectivity index (χ3v) is 0.697. The Morgan fingerprint density at radius 1 is 1.22 bits per heavy atom. The standard InChI is InChI=1S/C8H15N/c1-5-6-9-7-8(2,3)4/h5-7H,1-4H3. The van der Waals surface area contributed by atoms with Crippen molar-refractivity contribution in [3.05, 3.63) is 12.3 Å². The average Bonchev–Trinajstić information content (AvgIpc) is 1.63. The van der Waals surface area contributed by atoms with Gasteiger partial charge in [0.2, 0.25) is 0 Å². The lowest BCUT2D eigenvalue weighted by Gasteiger charge is -2.08. The van der Waals surface area contributed by atoms with Gasteiger partial charge in [-0.15, -0.1) is 0 Å². The van der Waals surface area contributed by atoms with Crippen molar-refractivity contribution in [2.45, 2.75) is 27.7 Å². The molecule has 0 saturated carbocycles.